The standard InChI is InChI=1S/C10H9BrN2O/c1-6-2-3-7(8(11)4-6)9-5-10(12)14-13-9/h2-5H,12H2,1H3. The molecule has 1 aromatic heterocycles. The van der Waals surface area contributed by atoms with Crippen molar-refractivity contribution in [3.63, 3.8) is 0 Å². The van der Waals surface area contributed by atoms with Crippen LogP contribution in [0.5, 0.6) is 0 Å². The number of benzene rings is 1. The minimum Gasteiger partial charge on any atom is -0.368 e. The third kappa shape index (κ3) is 1.65. The molecule has 0 bridgehead atoms. The molecule has 1 heterocycles. The summed E-state index contributed by atoms with van der Waals surface area (Å²) in [4.78, 5) is 0. The average Bonchev–Trinajstić information content (AvgIpc) is 2.51. The molecule has 0 saturated heterocycles. The number of anilines is 1. The molecule has 0 aliphatic carbocycles. The fraction of sp³-hybridized carbons (Fsp3) is 0.100. The molecular formula is C10H9BrN2O. The van der Waals surface area contributed by atoms with E-state index in [9.17, 15) is 0 Å². The Morgan fingerprint density at radius 2 is 2.14 bits per heavy atom. The molecule has 0 atom stereocenters. The van der Waals surface area contributed by atoms with Crippen molar-refractivity contribution in [3.8, 4) is 11.3 Å². The Balaban J connectivity index is 2.52. The Morgan fingerprint density at radius 3 is 2.71 bits per heavy atom. The average molecular weight is 253 g/mol. The van der Waals surface area contributed by atoms with Crippen LogP contribution in [0.2, 0.25) is 0 Å². The molecule has 0 saturated carbocycles. The van der Waals surface area contributed by atoms with Gasteiger partial charge in [-0.15, -0.1) is 0 Å². The molecule has 0 aliphatic heterocycles. The van der Waals surface area contributed by atoms with Crippen molar-refractivity contribution in [2.45, 2.75) is 6.92 Å². The maximum atomic E-state index is 5.45. The van der Waals surface area contributed by atoms with E-state index >= 15 is 0 Å². The molecule has 0 aliphatic rings. The summed E-state index contributed by atoms with van der Waals surface area (Å²) < 4.78 is 5.80. The summed E-state index contributed by atoms with van der Waals surface area (Å²) in [6.45, 7) is 2.03. The lowest BCUT2D eigenvalue weighted by molar-refractivity contribution is 0.439. The lowest BCUT2D eigenvalue weighted by Gasteiger charge is -2.00. The Bertz CT molecular complexity index is 465. The minimum absolute atomic E-state index is 0.326. The van der Waals surface area contributed by atoms with E-state index in [2.05, 4.69) is 21.1 Å². The molecular weight excluding hydrogens is 244 g/mol. The highest BCUT2D eigenvalue weighted by Gasteiger charge is 2.07. The van der Waals surface area contributed by atoms with Crippen molar-refractivity contribution in [2.24, 2.45) is 0 Å². The number of nitrogens with two attached hydrogens (primary N) is 1. The smallest absolute Gasteiger partial charge is 0.222 e. The third-order valence-electron chi connectivity index (χ3n) is 1.93. The highest BCUT2D eigenvalue weighted by molar-refractivity contribution is 9.10. The summed E-state index contributed by atoms with van der Waals surface area (Å²) >= 11 is 3.47. The van der Waals surface area contributed by atoms with E-state index in [4.69, 9.17) is 10.3 Å². The largest absolute Gasteiger partial charge is 0.368 e. The van der Waals surface area contributed by atoms with Gasteiger partial charge in [0, 0.05) is 16.1 Å². The van der Waals surface area contributed by atoms with Gasteiger partial charge >= 0.3 is 0 Å². The molecule has 14 heavy (non-hydrogen) atoms. The predicted octanol–water partition coefficient (Wildman–Crippen LogP) is 2.99. The van der Waals surface area contributed by atoms with Crippen LogP contribution in [0.1, 0.15) is 5.56 Å². The monoisotopic (exact) mass is 252 g/mol. The van der Waals surface area contributed by atoms with Crippen molar-refractivity contribution in [3.05, 3.63) is 34.3 Å². The van der Waals surface area contributed by atoms with E-state index in [0.717, 1.165) is 15.7 Å². The second-order valence-electron chi connectivity index (χ2n) is 3.10. The first-order valence-corrected chi connectivity index (χ1v) is 4.95. The lowest BCUT2D eigenvalue weighted by atomic mass is 10.1. The van der Waals surface area contributed by atoms with Gasteiger partial charge in [-0.1, -0.05) is 33.2 Å². The molecule has 1 aromatic carbocycles. The van der Waals surface area contributed by atoms with E-state index in [-0.39, 0.29) is 0 Å². The number of halogens is 1. The number of nitrogen functional groups attached to an aromatic ring is 1. The second kappa shape index (κ2) is 3.46. The van der Waals surface area contributed by atoms with E-state index in [0.29, 0.717) is 5.88 Å². The van der Waals surface area contributed by atoms with E-state index in [1.165, 1.54) is 5.56 Å². The molecule has 2 aromatic rings. The van der Waals surface area contributed by atoms with E-state index in [1.807, 2.05) is 25.1 Å². The Morgan fingerprint density at radius 1 is 1.36 bits per heavy atom. The summed E-state index contributed by atoms with van der Waals surface area (Å²) in [7, 11) is 0. The van der Waals surface area contributed by atoms with Gasteiger partial charge in [-0.25, -0.2) is 0 Å². The zero-order valence-electron chi connectivity index (χ0n) is 7.62. The van der Waals surface area contributed by atoms with Gasteiger partial charge in [0.15, 0.2) is 0 Å². The van der Waals surface area contributed by atoms with Crippen LogP contribution in [0.15, 0.2) is 33.3 Å². The molecule has 0 unspecified atom stereocenters. The lowest BCUT2D eigenvalue weighted by Crippen LogP contribution is -1.81. The Labute approximate surface area is 90.0 Å². The van der Waals surface area contributed by atoms with Crippen molar-refractivity contribution >= 4 is 21.8 Å². The van der Waals surface area contributed by atoms with Crippen LogP contribution < -0.4 is 5.73 Å². The maximum Gasteiger partial charge on any atom is 0.222 e. The van der Waals surface area contributed by atoms with Gasteiger partial charge in [0.2, 0.25) is 5.88 Å². The second-order valence-corrected chi connectivity index (χ2v) is 3.95. The summed E-state index contributed by atoms with van der Waals surface area (Å²) in [6.07, 6.45) is 0. The van der Waals surface area contributed by atoms with Crippen LogP contribution in [0, 0.1) is 6.92 Å². The Hall–Kier alpha value is -1.29. The molecule has 0 fully saturated rings. The first-order valence-electron chi connectivity index (χ1n) is 4.15. The first kappa shape index (κ1) is 9.27. The van der Waals surface area contributed by atoms with Gasteiger partial charge in [-0.05, 0) is 18.6 Å². The van der Waals surface area contributed by atoms with Crippen molar-refractivity contribution in [1.29, 1.82) is 0 Å². The third-order valence-corrected chi connectivity index (χ3v) is 2.59. The van der Waals surface area contributed by atoms with Crippen LogP contribution in [0.4, 0.5) is 5.88 Å². The zero-order chi connectivity index (χ0) is 10.1. The van der Waals surface area contributed by atoms with Crippen molar-refractivity contribution < 1.29 is 4.52 Å². The van der Waals surface area contributed by atoms with E-state index in [1.54, 1.807) is 6.07 Å². The van der Waals surface area contributed by atoms with Gasteiger partial charge in [0.25, 0.3) is 0 Å². The van der Waals surface area contributed by atoms with Crippen LogP contribution in [-0.4, -0.2) is 5.16 Å². The maximum absolute atomic E-state index is 5.45. The zero-order valence-corrected chi connectivity index (χ0v) is 9.21. The van der Waals surface area contributed by atoms with Gasteiger partial charge in [-0.3, -0.25) is 0 Å². The van der Waals surface area contributed by atoms with Gasteiger partial charge < -0.3 is 10.3 Å². The number of nitrogens with zero attached hydrogens (tertiary/aromatic N) is 1. The molecule has 2 rings (SSSR count). The molecule has 0 amide bonds. The Kier molecular flexibility index (Phi) is 2.29. The minimum atomic E-state index is 0.326. The van der Waals surface area contributed by atoms with Crippen LogP contribution in [-0.2, 0) is 0 Å². The van der Waals surface area contributed by atoms with Crippen LogP contribution >= 0.6 is 15.9 Å². The molecule has 0 radical (unpaired) electrons. The normalized spacial score (nSPS) is 10.4. The quantitative estimate of drug-likeness (QED) is 0.849. The fourth-order valence-electron chi connectivity index (χ4n) is 1.24. The molecule has 3 nitrogen and oxygen atoms in total. The SMILES string of the molecule is Cc1ccc(-c2cc(N)on2)c(Br)c1. The van der Waals surface area contributed by atoms with Gasteiger partial charge in [0.1, 0.15) is 5.69 Å². The summed E-state index contributed by atoms with van der Waals surface area (Å²) in [5, 5.41) is 3.85. The number of aromatic nitrogens is 1. The topological polar surface area (TPSA) is 52.0 Å². The predicted molar refractivity (Wildman–Crippen MR) is 58.8 cm³/mol. The molecule has 4 heteroatoms. The number of hydrogen-bond donors (Lipinski definition) is 1. The van der Waals surface area contributed by atoms with Gasteiger partial charge in [-0.2, -0.15) is 0 Å². The highest BCUT2D eigenvalue weighted by atomic mass is 79.9. The molecule has 0 spiro atoms. The summed E-state index contributed by atoms with van der Waals surface area (Å²) in [5.74, 6) is 0.326. The number of rotatable bonds is 1. The number of aryl methyl sites for hydroxylation is 1. The number of hydrogen-bond acceptors (Lipinski definition) is 3. The van der Waals surface area contributed by atoms with Gasteiger partial charge in [0.05, 0.1) is 0 Å². The summed E-state index contributed by atoms with van der Waals surface area (Å²) in [5.41, 5.74) is 8.37. The van der Waals surface area contributed by atoms with Crippen molar-refractivity contribution in [2.75, 3.05) is 5.73 Å². The molecule has 2 N–H and O–H groups in total. The van der Waals surface area contributed by atoms with Crippen LogP contribution in [0.3, 0.4) is 0 Å². The van der Waals surface area contributed by atoms with Crippen LogP contribution in [0.25, 0.3) is 11.3 Å². The van der Waals surface area contributed by atoms with E-state index < -0.39 is 0 Å². The highest BCUT2D eigenvalue weighted by Crippen LogP contribution is 2.28. The van der Waals surface area contributed by atoms with Crippen molar-refractivity contribution in [1.82, 2.24) is 5.16 Å². The first-order chi connectivity index (χ1) is 6.66. The summed E-state index contributed by atoms with van der Waals surface area (Å²) in [6, 6.07) is 7.73. The fourth-order valence-corrected chi connectivity index (χ4v) is 1.94. The molecule has 72 valence electrons.